The van der Waals surface area contributed by atoms with Crippen LogP contribution in [-0.4, -0.2) is 24.9 Å². The Hall–Kier alpha value is -2.14. The molecule has 0 saturated heterocycles. The number of rotatable bonds is 6. The molecule has 0 saturated carbocycles. The maximum atomic E-state index is 12.0. The minimum Gasteiger partial charge on any atom is -0.354 e. The summed E-state index contributed by atoms with van der Waals surface area (Å²) in [4.78, 5) is 25.6. The van der Waals surface area contributed by atoms with Crippen molar-refractivity contribution in [2.45, 2.75) is 20.3 Å². The fourth-order valence-electron chi connectivity index (χ4n) is 2.47. The van der Waals surface area contributed by atoms with Gasteiger partial charge >= 0.3 is 0 Å². The molecule has 126 valence electrons. The Morgan fingerprint density at radius 2 is 1.88 bits per heavy atom. The normalized spacial score (nSPS) is 10.3. The topological polar surface area (TPSA) is 49.4 Å². The van der Waals surface area contributed by atoms with E-state index in [9.17, 15) is 9.59 Å². The zero-order valence-corrected chi connectivity index (χ0v) is 15.5. The van der Waals surface area contributed by atoms with Crippen molar-refractivity contribution in [3.8, 4) is 0 Å². The van der Waals surface area contributed by atoms with Crippen LogP contribution >= 0.6 is 15.9 Å². The highest BCUT2D eigenvalue weighted by molar-refractivity contribution is 9.10. The Bertz CT molecular complexity index is 731. The average Bonchev–Trinajstić information content (AvgIpc) is 2.51. The van der Waals surface area contributed by atoms with Gasteiger partial charge in [-0.2, -0.15) is 0 Å². The van der Waals surface area contributed by atoms with Crippen LogP contribution in [-0.2, 0) is 16.0 Å². The summed E-state index contributed by atoms with van der Waals surface area (Å²) in [7, 11) is 0. The number of carbonyl (C=O) groups excluding carboxylic acids is 2. The first kappa shape index (κ1) is 18.2. The molecule has 0 fully saturated rings. The van der Waals surface area contributed by atoms with Crippen LogP contribution < -0.4 is 10.2 Å². The van der Waals surface area contributed by atoms with Crippen molar-refractivity contribution in [3.05, 3.63) is 64.1 Å². The number of hydrogen-bond donors (Lipinski definition) is 1. The molecule has 0 spiro atoms. The molecule has 0 atom stereocenters. The maximum absolute atomic E-state index is 12.0. The number of anilines is 1. The number of halogens is 1. The van der Waals surface area contributed by atoms with Crippen LogP contribution in [0.15, 0.2) is 53.0 Å². The van der Waals surface area contributed by atoms with Gasteiger partial charge in [0, 0.05) is 30.2 Å². The fourth-order valence-corrected chi connectivity index (χ4v) is 2.91. The molecule has 24 heavy (non-hydrogen) atoms. The first-order chi connectivity index (χ1) is 11.5. The molecule has 1 N–H and O–H groups in total. The van der Waals surface area contributed by atoms with Crippen molar-refractivity contribution in [3.63, 3.8) is 0 Å². The first-order valence-electron chi connectivity index (χ1n) is 7.81. The molecule has 5 heteroatoms. The smallest absolute Gasteiger partial charge is 0.224 e. The maximum Gasteiger partial charge on any atom is 0.224 e. The van der Waals surface area contributed by atoms with Gasteiger partial charge in [-0.25, -0.2) is 0 Å². The summed E-state index contributed by atoms with van der Waals surface area (Å²) >= 11 is 3.40. The van der Waals surface area contributed by atoms with Crippen molar-refractivity contribution in [1.82, 2.24) is 5.32 Å². The van der Waals surface area contributed by atoms with Crippen LogP contribution in [0.4, 0.5) is 5.69 Å². The highest BCUT2D eigenvalue weighted by Crippen LogP contribution is 2.16. The lowest BCUT2D eigenvalue weighted by Crippen LogP contribution is -2.38. The van der Waals surface area contributed by atoms with Crippen molar-refractivity contribution in [2.24, 2.45) is 0 Å². The quantitative estimate of drug-likeness (QED) is 0.823. The van der Waals surface area contributed by atoms with Gasteiger partial charge in [-0.15, -0.1) is 0 Å². The highest BCUT2D eigenvalue weighted by Gasteiger charge is 2.12. The zero-order valence-electron chi connectivity index (χ0n) is 13.9. The SMILES string of the molecule is CC(=O)N(CCNC(=O)Cc1cccc(Br)c1)c1cccc(C)c1. The molecule has 0 aliphatic rings. The Morgan fingerprint density at radius 3 is 2.54 bits per heavy atom. The van der Waals surface area contributed by atoms with Crippen LogP contribution in [0.3, 0.4) is 0 Å². The largest absolute Gasteiger partial charge is 0.354 e. The van der Waals surface area contributed by atoms with Crippen molar-refractivity contribution in [1.29, 1.82) is 0 Å². The molecule has 2 aromatic rings. The molecule has 0 aromatic heterocycles. The molecule has 0 radical (unpaired) electrons. The minimum atomic E-state index is -0.0548. The van der Waals surface area contributed by atoms with Gasteiger partial charge in [-0.05, 0) is 42.3 Å². The van der Waals surface area contributed by atoms with E-state index in [-0.39, 0.29) is 11.8 Å². The summed E-state index contributed by atoms with van der Waals surface area (Å²) < 4.78 is 0.954. The molecule has 2 aromatic carbocycles. The molecule has 0 heterocycles. The van der Waals surface area contributed by atoms with Gasteiger partial charge in [-0.3, -0.25) is 9.59 Å². The molecule has 2 amide bonds. The number of hydrogen-bond acceptors (Lipinski definition) is 2. The number of amides is 2. The van der Waals surface area contributed by atoms with Crippen LogP contribution in [0.5, 0.6) is 0 Å². The Labute approximate surface area is 151 Å². The van der Waals surface area contributed by atoms with E-state index in [1.165, 1.54) is 6.92 Å². The predicted octanol–water partition coefficient (Wildman–Crippen LogP) is 3.47. The van der Waals surface area contributed by atoms with Gasteiger partial charge in [0.25, 0.3) is 0 Å². The van der Waals surface area contributed by atoms with E-state index in [1.807, 2.05) is 55.5 Å². The molecule has 0 bridgehead atoms. The number of carbonyl (C=O) groups is 2. The summed E-state index contributed by atoms with van der Waals surface area (Å²) in [6.45, 7) is 4.39. The van der Waals surface area contributed by atoms with Gasteiger partial charge in [0.2, 0.25) is 11.8 Å². The fraction of sp³-hybridized carbons (Fsp3) is 0.263. The zero-order chi connectivity index (χ0) is 17.5. The second kappa shape index (κ2) is 8.64. The summed E-state index contributed by atoms with van der Waals surface area (Å²) in [5, 5.41) is 2.87. The molecule has 0 aliphatic carbocycles. The monoisotopic (exact) mass is 388 g/mol. The van der Waals surface area contributed by atoms with E-state index in [2.05, 4.69) is 21.2 Å². The summed E-state index contributed by atoms with van der Waals surface area (Å²) in [5.74, 6) is -0.0947. The third-order valence-electron chi connectivity index (χ3n) is 3.60. The third-order valence-corrected chi connectivity index (χ3v) is 4.10. The number of nitrogens with zero attached hydrogens (tertiary/aromatic N) is 1. The average molecular weight is 389 g/mol. The molecule has 0 aliphatic heterocycles. The van der Waals surface area contributed by atoms with Crippen molar-refractivity contribution in [2.75, 3.05) is 18.0 Å². The lowest BCUT2D eigenvalue weighted by atomic mass is 10.1. The van der Waals surface area contributed by atoms with Crippen LogP contribution in [0.2, 0.25) is 0 Å². The summed E-state index contributed by atoms with van der Waals surface area (Å²) in [6, 6.07) is 15.4. The number of nitrogens with one attached hydrogen (secondary N) is 1. The van der Waals surface area contributed by atoms with Gasteiger partial charge in [0.15, 0.2) is 0 Å². The van der Waals surface area contributed by atoms with Gasteiger partial charge < -0.3 is 10.2 Å². The molecule has 0 unspecified atom stereocenters. The summed E-state index contributed by atoms with van der Waals surface area (Å²) in [6.07, 6.45) is 0.323. The number of benzene rings is 2. The van der Waals surface area contributed by atoms with Crippen LogP contribution in [0.1, 0.15) is 18.1 Å². The van der Waals surface area contributed by atoms with Gasteiger partial charge in [-0.1, -0.05) is 40.2 Å². The molecule has 4 nitrogen and oxygen atoms in total. The van der Waals surface area contributed by atoms with Gasteiger partial charge in [0.05, 0.1) is 6.42 Å². The Balaban J connectivity index is 1.89. The van der Waals surface area contributed by atoms with E-state index in [0.29, 0.717) is 19.5 Å². The third kappa shape index (κ3) is 5.49. The number of aryl methyl sites for hydroxylation is 1. The minimum absolute atomic E-state index is 0.0400. The Kier molecular flexibility index (Phi) is 6.55. The van der Waals surface area contributed by atoms with E-state index < -0.39 is 0 Å². The van der Waals surface area contributed by atoms with Crippen LogP contribution in [0.25, 0.3) is 0 Å². The second-order valence-electron chi connectivity index (χ2n) is 5.67. The van der Waals surface area contributed by atoms with E-state index in [1.54, 1.807) is 4.90 Å². The summed E-state index contributed by atoms with van der Waals surface area (Å²) in [5.41, 5.74) is 2.89. The highest BCUT2D eigenvalue weighted by atomic mass is 79.9. The molecular formula is C19H21BrN2O2. The van der Waals surface area contributed by atoms with E-state index in [0.717, 1.165) is 21.3 Å². The van der Waals surface area contributed by atoms with Crippen molar-refractivity contribution < 1.29 is 9.59 Å². The van der Waals surface area contributed by atoms with Gasteiger partial charge in [0.1, 0.15) is 0 Å². The molecule has 2 rings (SSSR count). The van der Waals surface area contributed by atoms with Crippen molar-refractivity contribution >= 4 is 33.4 Å². The van der Waals surface area contributed by atoms with E-state index in [4.69, 9.17) is 0 Å². The lowest BCUT2D eigenvalue weighted by molar-refractivity contribution is -0.121. The molecular weight excluding hydrogens is 368 g/mol. The standard InChI is InChI=1S/C19H21BrN2O2/c1-14-5-3-8-18(11-14)22(15(2)23)10-9-21-19(24)13-16-6-4-7-17(20)12-16/h3-8,11-12H,9-10,13H2,1-2H3,(H,21,24). The lowest BCUT2D eigenvalue weighted by Gasteiger charge is -2.21. The Morgan fingerprint density at radius 1 is 1.12 bits per heavy atom. The van der Waals surface area contributed by atoms with E-state index >= 15 is 0 Å². The first-order valence-corrected chi connectivity index (χ1v) is 8.61. The predicted molar refractivity (Wildman–Crippen MR) is 100 cm³/mol. The van der Waals surface area contributed by atoms with Crippen LogP contribution in [0, 0.1) is 6.92 Å². The second-order valence-corrected chi connectivity index (χ2v) is 6.58.